The molecule has 0 fully saturated rings. The average Bonchev–Trinajstić information content (AvgIpc) is 2.08. The fraction of sp³-hybridized carbons (Fsp3) is 0.333. The Morgan fingerprint density at radius 1 is 1.56 bits per heavy atom. The summed E-state index contributed by atoms with van der Waals surface area (Å²) in [4.78, 5) is 9.42. The van der Waals surface area contributed by atoms with Crippen LogP contribution >= 0.6 is 0 Å². The second kappa shape index (κ2) is 2.00. The lowest BCUT2D eigenvalue weighted by atomic mass is 10.7. The van der Waals surface area contributed by atoms with E-state index in [2.05, 4.69) is 0 Å². The second-order valence-corrected chi connectivity index (χ2v) is 6.15. The van der Waals surface area contributed by atoms with Crippen molar-refractivity contribution in [2.75, 3.05) is 0 Å². The first kappa shape index (κ1) is 6.58. The van der Waals surface area contributed by atoms with Gasteiger partial charge in [0.15, 0.2) is 0 Å². The molecule has 0 aliphatic heterocycles. The zero-order valence-corrected chi connectivity index (χ0v) is 6.59. The molecule has 1 aromatic rings. The Bertz CT molecular complexity index is 173. The van der Waals surface area contributed by atoms with Crippen LogP contribution in [0.4, 0.5) is 0 Å². The first-order valence-corrected chi connectivity index (χ1v) is 5.82. The molecule has 3 heteroatoms. The zero-order chi connectivity index (χ0) is 6.91. The number of hydrogen-bond donors (Lipinski definition) is 1. The first-order chi connectivity index (χ1) is 4.11. The van der Waals surface area contributed by atoms with E-state index in [0.29, 0.717) is 0 Å². The highest BCUT2D eigenvalue weighted by molar-refractivity contribution is 6.82. The fourth-order valence-electron chi connectivity index (χ4n) is 0.627. The van der Waals surface area contributed by atoms with Gasteiger partial charge in [-0.25, -0.2) is 0 Å². The van der Waals surface area contributed by atoms with Crippen LogP contribution in [0.25, 0.3) is 0 Å². The summed E-state index contributed by atoms with van der Waals surface area (Å²) in [6, 6.07) is 3.60. The standard InChI is InChI=1S/C6H10O2Si/c1-9(2,7)6-4-3-5-8-6/h3-5,7H,1-2H3. The van der Waals surface area contributed by atoms with E-state index in [9.17, 15) is 4.80 Å². The molecule has 0 bridgehead atoms. The van der Waals surface area contributed by atoms with E-state index in [4.69, 9.17) is 4.42 Å². The highest BCUT2D eigenvalue weighted by Crippen LogP contribution is 1.97. The lowest BCUT2D eigenvalue weighted by Gasteiger charge is -2.08. The summed E-state index contributed by atoms with van der Waals surface area (Å²) in [5.41, 5.74) is 0. The van der Waals surface area contributed by atoms with Crippen LogP contribution in [0.2, 0.25) is 13.1 Å². The van der Waals surface area contributed by atoms with Crippen LogP contribution in [0, 0.1) is 0 Å². The molecule has 50 valence electrons. The summed E-state index contributed by atoms with van der Waals surface area (Å²) in [5.74, 6) is 0. The van der Waals surface area contributed by atoms with E-state index >= 15 is 0 Å². The van der Waals surface area contributed by atoms with Crippen molar-refractivity contribution in [3.63, 3.8) is 0 Å². The molecule has 0 spiro atoms. The lowest BCUT2D eigenvalue weighted by molar-refractivity contribution is 0.529. The van der Waals surface area contributed by atoms with Crippen LogP contribution in [0.5, 0.6) is 0 Å². The minimum atomic E-state index is -2.15. The average molecular weight is 142 g/mol. The van der Waals surface area contributed by atoms with Crippen molar-refractivity contribution in [2.45, 2.75) is 13.1 Å². The minimum absolute atomic E-state index is 0.738. The molecule has 0 saturated carbocycles. The van der Waals surface area contributed by atoms with Gasteiger partial charge < -0.3 is 9.21 Å². The third-order valence-corrected chi connectivity index (χ3v) is 2.61. The fourth-order valence-corrected chi connectivity index (χ4v) is 1.49. The van der Waals surface area contributed by atoms with Gasteiger partial charge in [0.25, 0.3) is 8.32 Å². The summed E-state index contributed by atoms with van der Waals surface area (Å²) >= 11 is 0. The Balaban J connectivity index is 2.90. The zero-order valence-electron chi connectivity index (χ0n) is 5.59. The van der Waals surface area contributed by atoms with Gasteiger partial charge in [-0.15, -0.1) is 0 Å². The Morgan fingerprint density at radius 3 is 2.44 bits per heavy atom. The molecule has 1 rings (SSSR count). The summed E-state index contributed by atoms with van der Waals surface area (Å²) in [7, 11) is -2.15. The van der Waals surface area contributed by atoms with Crippen molar-refractivity contribution in [1.29, 1.82) is 0 Å². The minimum Gasteiger partial charge on any atom is -0.471 e. The van der Waals surface area contributed by atoms with E-state index in [-0.39, 0.29) is 0 Å². The quantitative estimate of drug-likeness (QED) is 0.585. The molecule has 0 saturated heterocycles. The van der Waals surface area contributed by atoms with Gasteiger partial charge in [0.1, 0.15) is 5.38 Å². The number of furan rings is 1. The summed E-state index contributed by atoms with van der Waals surface area (Å²) in [6.45, 7) is 3.65. The van der Waals surface area contributed by atoms with Gasteiger partial charge >= 0.3 is 0 Å². The molecular weight excluding hydrogens is 132 g/mol. The molecule has 1 heterocycles. The molecule has 0 aliphatic carbocycles. The van der Waals surface area contributed by atoms with E-state index in [0.717, 1.165) is 5.38 Å². The van der Waals surface area contributed by atoms with Crippen molar-refractivity contribution in [3.8, 4) is 0 Å². The van der Waals surface area contributed by atoms with Crippen LogP contribution in [0.3, 0.4) is 0 Å². The van der Waals surface area contributed by atoms with Gasteiger partial charge in [0.2, 0.25) is 0 Å². The van der Waals surface area contributed by atoms with Crippen LogP contribution in [-0.2, 0) is 0 Å². The normalized spacial score (nSPS) is 11.9. The third-order valence-electron chi connectivity index (χ3n) is 1.12. The predicted molar refractivity (Wildman–Crippen MR) is 38.0 cm³/mol. The Kier molecular flexibility index (Phi) is 1.46. The molecule has 0 radical (unpaired) electrons. The summed E-state index contributed by atoms with van der Waals surface area (Å²) in [6.07, 6.45) is 1.58. The maximum Gasteiger partial charge on any atom is 0.254 e. The molecule has 0 atom stereocenters. The van der Waals surface area contributed by atoms with Crippen LogP contribution in [0.1, 0.15) is 0 Å². The van der Waals surface area contributed by atoms with Crippen LogP contribution in [-0.4, -0.2) is 13.1 Å². The predicted octanol–water partition coefficient (Wildman–Crippen LogP) is 0.684. The van der Waals surface area contributed by atoms with Crippen molar-refractivity contribution < 1.29 is 9.21 Å². The highest BCUT2D eigenvalue weighted by atomic mass is 28.4. The van der Waals surface area contributed by atoms with Gasteiger partial charge in [0.05, 0.1) is 6.26 Å². The van der Waals surface area contributed by atoms with Gasteiger partial charge in [-0.3, -0.25) is 0 Å². The molecule has 2 nitrogen and oxygen atoms in total. The summed E-state index contributed by atoms with van der Waals surface area (Å²) in [5, 5.41) is 0.738. The van der Waals surface area contributed by atoms with Gasteiger partial charge in [-0.2, -0.15) is 0 Å². The van der Waals surface area contributed by atoms with Gasteiger partial charge in [-0.1, -0.05) is 0 Å². The topological polar surface area (TPSA) is 33.4 Å². The van der Waals surface area contributed by atoms with Crippen LogP contribution < -0.4 is 5.38 Å². The maximum atomic E-state index is 9.42. The molecule has 0 unspecified atom stereocenters. The SMILES string of the molecule is C[Si](C)(O)c1ccco1. The maximum absolute atomic E-state index is 9.42. The Morgan fingerprint density at radius 2 is 2.22 bits per heavy atom. The lowest BCUT2D eigenvalue weighted by Crippen LogP contribution is -2.40. The Hall–Kier alpha value is -0.543. The molecule has 9 heavy (non-hydrogen) atoms. The van der Waals surface area contributed by atoms with E-state index in [1.807, 2.05) is 19.2 Å². The largest absolute Gasteiger partial charge is 0.471 e. The van der Waals surface area contributed by atoms with Crippen molar-refractivity contribution in [2.24, 2.45) is 0 Å². The van der Waals surface area contributed by atoms with E-state index in [1.165, 1.54) is 0 Å². The van der Waals surface area contributed by atoms with E-state index < -0.39 is 8.32 Å². The van der Waals surface area contributed by atoms with Crippen LogP contribution in [0.15, 0.2) is 22.8 Å². The monoisotopic (exact) mass is 142 g/mol. The van der Waals surface area contributed by atoms with Gasteiger partial charge in [0, 0.05) is 0 Å². The molecule has 0 aliphatic rings. The second-order valence-electron chi connectivity index (χ2n) is 2.54. The van der Waals surface area contributed by atoms with Crippen molar-refractivity contribution >= 4 is 13.7 Å². The summed E-state index contributed by atoms with van der Waals surface area (Å²) < 4.78 is 5.01. The number of rotatable bonds is 1. The Labute approximate surface area is 55.3 Å². The smallest absolute Gasteiger partial charge is 0.254 e. The van der Waals surface area contributed by atoms with Crippen molar-refractivity contribution in [3.05, 3.63) is 18.4 Å². The molecule has 0 amide bonds. The molecular formula is C6H10O2Si. The van der Waals surface area contributed by atoms with Gasteiger partial charge in [-0.05, 0) is 25.2 Å². The molecule has 1 aromatic heterocycles. The highest BCUT2D eigenvalue weighted by Gasteiger charge is 2.22. The first-order valence-electron chi connectivity index (χ1n) is 2.87. The molecule has 1 N–H and O–H groups in total. The molecule has 0 aromatic carbocycles. The third kappa shape index (κ3) is 1.43. The number of hydrogen-bond acceptors (Lipinski definition) is 2. The van der Waals surface area contributed by atoms with Crippen molar-refractivity contribution in [1.82, 2.24) is 0 Å². The van der Waals surface area contributed by atoms with E-state index in [1.54, 1.807) is 12.3 Å².